The Morgan fingerprint density at radius 1 is 1.38 bits per heavy atom. The summed E-state index contributed by atoms with van der Waals surface area (Å²) in [6.07, 6.45) is 2.39. The van der Waals surface area contributed by atoms with Crippen LogP contribution in [0.4, 0.5) is 5.82 Å². The average molecular weight is 289 g/mol. The third-order valence-electron chi connectivity index (χ3n) is 4.67. The third-order valence-corrected chi connectivity index (χ3v) is 4.67. The fourth-order valence-electron chi connectivity index (χ4n) is 3.89. The Morgan fingerprint density at radius 2 is 2.10 bits per heavy atom. The minimum atomic E-state index is -0.766. The molecule has 0 aliphatic carbocycles. The number of rotatable bonds is 3. The number of aryl methyl sites for hydroxylation is 2. The monoisotopic (exact) mass is 289 g/mol. The maximum Gasteiger partial charge on any atom is 0.308 e. The van der Waals surface area contributed by atoms with Crippen molar-refractivity contribution in [2.75, 3.05) is 4.90 Å². The fourth-order valence-corrected chi connectivity index (χ4v) is 3.89. The molecule has 2 saturated heterocycles. The SMILES string of the molecule is Cc1cc(C)c(C(N)=O)c(N2C3CCC2C(C(=O)O)C3)n1. The lowest BCUT2D eigenvalue weighted by molar-refractivity contribution is -0.142. The van der Waals surface area contributed by atoms with Crippen LogP contribution in [0.3, 0.4) is 0 Å². The number of hydrogen-bond donors (Lipinski definition) is 2. The van der Waals surface area contributed by atoms with E-state index in [2.05, 4.69) is 4.98 Å². The molecule has 0 aromatic carbocycles. The topological polar surface area (TPSA) is 96.5 Å². The van der Waals surface area contributed by atoms with E-state index >= 15 is 0 Å². The van der Waals surface area contributed by atoms with Crippen molar-refractivity contribution in [3.63, 3.8) is 0 Å². The number of carbonyl (C=O) groups is 2. The zero-order valence-electron chi connectivity index (χ0n) is 12.2. The van der Waals surface area contributed by atoms with E-state index in [4.69, 9.17) is 5.73 Å². The lowest BCUT2D eigenvalue weighted by Gasteiger charge is -2.27. The Bertz CT molecular complexity index is 629. The van der Waals surface area contributed by atoms with Crippen LogP contribution in [0.2, 0.25) is 0 Å². The molecule has 0 spiro atoms. The lowest BCUT2D eigenvalue weighted by Crippen LogP contribution is -2.35. The van der Waals surface area contributed by atoms with Gasteiger partial charge < -0.3 is 15.7 Å². The van der Waals surface area contributed by atoms with Gasteiger partial charge in [0.2, 0.25) is 0 Å². The quantitative estimate of drug-likeness (QED) is 0.872. The Kier molecular flexibility index (Phi) is 3.11. The molecule has 0 saturated carbocycles. The van der Waals surface area contributed by atoms with Crippen molar-refractivity contribution in [2.24, 2.45) is 11.7 Å². The number of aliphatic carboxylic acids is 1. The van der Waals surface area contributed by atoms with E-state index in [1.165, 1.54) is 0 Å². The van der Waals surface area contributed by atoms with Crippen molar-refractivity contribution in [1.82, 2.24) is 4.98 Å². The van der Waals surface area contributed by atoms with Crippen molar-refractivity contribution in [1.29, 1.82) is 0 Å². The molecule has 1 amide bonds. The van der Waals surface area contributed by atoms with Crippen LogP contribution in [-0.4, -0.2) is 34.1 Å². The highest BCUT2D eigenvalue weighted by atomic mass is 16.4. The zero-order chi connectivity index (χ0) is 15.3. The minimum absolute atomic E-state index is 0.0840. The molecular formula is C15H19N3O3. The predicted octanol–water partition coefficient (Wildman–Crippen LogP) is 1.24. The van der Waals surface area contributed by atoms with Crippen molar-refractivity contribution in [2.45, 2.75) is 45.2 Å². The van der Waals surface area contributed by atoms with Gasteiger partial charge in [-0.2, -0.15) is 0 Å². The van der Waals surface area contributed by atoms with Gasteiger partial charge in [0.1, 0.15) is 5.82 Å². The second kappa shape index (κ2) is 4.72. The summed E-state index contributed by atoms with van der Waals surface area (Å²) in [6, 6.07) is 1.89. The molecule has 3 rings (SSSR count). The molecule has 2 aliphatic heterocycles. The molecule has 6 heteroatoms. The molecule has 6 nitrogen and oxygen atoms in total. The van der Waals surface area contributed by atoms with E-state index in [1.54, 1.807) is 0 Å². The van der Waals surface area contributed by atoms with Gasteiger partial charge >= 0.3 is 5.97 Å². The first-order chi connectivity index (χ1) is 9.90. The van der Waals surface area contributed by atoms with E-state index in [0.29, 0.717) is 17.8 Å². The smallest absolute Gasteiger partial charge is 0.308 e. The molecule has 3 N–H and O–H groups in total. The molecule has 1 aromatic heterocycles. The summed E-state index contributed by atoms with van der Waals surface area (Å²) in [5.41, 5.74) is 7.54. The number of aromatic nitrogens is 1. The Hall–Kier alpha value is -2.11. The number of amides is 1. The van der Waals surface area contributed by atoms with Crippen LogP contribution < -0.4 is 10.6 Å². The first kappa shape index (κ1) is 13.9. The van der Waals surface area contributed by atoms with Crippen molar-refractivity contribution in [3.05, 3.63) is 22.9 Å². The molecule has 0 radical (unpaired) electrons. The highest BCUT2D eigenvalue weighted by Gasteiger charge is 2.50. The average Bonchev–Trinajstić information content (AvgIpc) is 2.94. The van der Waals surface area contributed by atoms with Crippen LogP contribution in [0.15, 0.2) is 6.07 Å². The molecule has 3 atom stereocenters. The summed E-state index contributed by atoms with van der Waals surface area (Å²) in [7, 11) is 0. The van der Waals surface area contributed by atoms with Gasteiger partial charge in [-0.05, 0) is 44.7 Å². The molecule has 21 heavy (non-hydrogen) atoms. The number of fused-ring (bicyclic) bond motifs is 2. The van der Waals surface area contributed by atoms with Gasteiger partial charge in [-0.1, -0.05) is 0 Å². The molecule has 3 unspecified atom stereocenters. The summed E-state index contributed by atoms with van der Waals surface area (Å²) in [6.45, 7) is 3.71. The highest BCUT2D eigenvalue weighted by molar-refractivity contribution is 5.99. The van der Waals surface area contributed by atoms with Gasteiger partial charge in [0.05, 0.1) is 11.5 Å². The number of hydrogen-bond acceptors (Lipinski definition) is 4. The fraction of sp³-hybridized carbons (Fsp3) is 0.533. The van der Waals surface area contributed by atoms with Gasteiger partial charge in [-0.15, -0.1) is 0 Å². The number of carboxylic acid groups (broad SMARTS) is 1. The van der Waals surface area contributed by atoms with Gasteiger partial charge in [0.15, 0.2) is 0 Å². The maximum atomic E-state index is 11.8. The number of carbonyl (C=O) groups excluding carboxylic acids is 1. The van der Waals surface area contributed by atoms with E-state index in [9.17, 15) is 14.7 Å². The zero-order valence-corrected chi connectivity index (χ0v) is 12.2. The lowest BCUT2D eigenvalue weighted by atomic mass is 9.89. The van der Waals surface area contributed by atoms with Crippen LogP contribution in [-0.2, 0) is 4.79 Å². The van der Waals surface area contributed by atoms with Crippen molar-refractivity contribution >= 4 is 17.7 Å². The summed E-state index contributed by atoms with van der Waals surface area (Å²) in [4.78, 5) is 29.7. The first-order valence-corrected chi connectivity index (χ1v) is 7.19. The summed E-state index contributed by atoms with van der Waals surface area (Å²) in [5, 5.41) is 9.35. The van der Waals surface area contributed by atoms with Crippen LogP contribution in [0.5, 0.6) is 0 Å². The Balaban J connectivity index is 2.09. The van der Waals surface area contributed by atoms with Crippen LogP contribution >= 0.6 is 0 Å². The molecular weight excluding hydrogens is 270 g/mol. The first-order valence-electron chi connectivity index (χ1n) is 7.19. The summed E-state index contributed by atoms with van der Waals surface area (Å²) < 4.78 is 0. The van der Waals surface area contributed by atoms with Crippen LogP contribution in [0.1, 0.15) is 40.9 Å². The number of carboxylic acids is 1. The van der Waals surface area contributed by atoms with Gasteiger partial charge in [0.25, 0.3) is 5.91 Å². The predicted molar refractivity (Wildman–Crippen MR) is 77.3 cm³/mol. The minimum Gasteiger partial charge on any atom is -0.481 e. The number of pyridine rings is 1. The van der Waals surface area contributed by atoms with Crippen LogP contribution in [0.25, 0.3) is 0 Å². The molecule has 2 bridgehead atoms. The van der Waals surface area contributed by atoms with Gasteiger partial charge in [-0.25, -0.2) is 4.98 Å². The normalized spacial score (nSPS) is 27.1. The second-order valence-corrected chi connectivity index (χ2v) is 6.03. The Labute approximate surface area is 123 Å². The molecule has 2 aliphatic rings. The van der Waals surface area contributed by atoms with Gasteiger partial charge in [0, 0.05) is 17.8 Å². The molecule has 1 aromatic rings. The largest absolute Gasteiger partial charge is 0.481 e. The maximum absolute atomic E-state index is 11.8. The summed E-state index contributed by atoms with van der Waals surface area (Å²) >= 11 is 0. The number of anilines is 1. The number of nitrogens with two attached hydrogens (primary N) is 1. The van der Waals surface area contributed by atoms with Crippen molar-refractivity contribution < 1.29 is 14.7 Å². The highest BCUT2D eigenvalue weighted by Crippen LogP contribution is 2.45. The van der Waals surface area contributed by atoms with E-state index in [1.807, 2.05) is 24.8 Å². The van der Waals surface area contributed by atoms with Crippen molar-refractivity contribution in [3.8, 4) is 0 Å². The van der Waals surface area contributed by atoms with E-state index in [0.717, 1.165) is 24.1 Å². The Morgan fingerprint density at radius 3 is 2.67 bits per heavy atom. The third kappa shape index (κ3) is 2.05. The van der Waals surface area contributed by atoms with Gasteiger partial charge in [-0.3, -0.25) is 9.59 Å². The van der Waals surface area contributed by atoms with E-state index < -0.39 is 11.9 Å². The number of nitrogens with zero attached hydrogens (tertiary/aromatic N) is 2. The van der Waals surface area contributed by atoms with E-state index in [-0.39, 0.29) is 18.0 Å². The second-order valence-electron chi connectivity index (χ2n) is 6.03. The number of primary amides is 1. The standard InChI is InChI=1S/C15H19N3O3/c1-7-5-8(2)17-14(12(7)13(16)19)18-9-3-4-11(18)10(6-9)15(20)21/h5,9-11H,3-4,6H2,1-2H3,(H2,16,19)(H,20,21). The molecule has 2 fully saturated rings. The molecule has 3 heterocycles. The molecule has 112 valence electrons. The summed E-state index contributed by atoms with van der Waals surface area (Å²) in [5.74, 6) is -1.09. The van der Waals surface area contributed by atoms with Crippen LogP contribution in [0, 0.1) is 19.8 Å².